The molecule has 0 saturated heterocycles. The fourth-order valence-corrected chi connectivity index (χ4v) is 5.17. The van der Waals surface area contributed by atoms with Crippen LogP contribution in [-0.2, 0) is 4.79 Å². The van der Waals surface area contributed by atoms with E-state index >= 15 is 0 Å². The summed E-state index contributed by atoms with van der Waals surface area (Å²) in [6.07, 6.45) is 3.38. The monoisotopic (exact) mass is 451 g/mol. The number of carbonyl (C=O) groups excluding carboxylic acids is 1. The van der Waals surface area contributed by atoms with E-state index < -0.39 is 0 Å². The number of carbonyl (C=O) groups is 1. The van der Waals surface area contributed by atoms with Crippen LogP contribution in [0, 0.1) is 11.8 Å². The number of fused-ring (bicyclic) bond motifs is 1. The van der Waals surface area contributed by atoms with E-state index in [1.165, 1.54) is 18.2 Å². The fourth-order valence-electron chi connectivity index (χ4n) is 4.35. The van der Waals surface area contributed by atoms with Gasteiger partial charge in [-0.15, -0.1) is 0 Å². The Morgan fingerprint density at radius 3 is 2.81 bits per heavy atom. The zero-order chi connectivity index (χ0) is 22.7. The van der Waals surface area contributed by atoms with Crippen molar-refractivity contribution in [2.75, 3.05) is 12.9 Å². The van der Waals surface area contributed by atoms with Crippen LogP contribution in [0.2, 0.25) is 0 Å². The molecule has 0 radical (unpaired) electrons. The van der Waals surface area contributed by atoms with Crippen LogP contribution in [0.1, 0.15) is 33.1 Å². The third-order valence-corrected chi connectivity index (χ3v) is 7.38. The molecule has 1 aliphatic rings. The predicted molar refractivity (Wildman–Crippen MR) is 129 cm³/mol. The molecule has 4 rings (SSSR count). The summed E-state index contributed by atoms with van der Waals surface area (Å²) in [6, 6.07) is 14.8. The van der Waals surface area contributed by atoms with Crippen LogP contribution in [0.3, 0.4) is 0 Å². The van der Waals surface area contributed by atoms with Gasteiger partial charge in [-0.3, -0.25) is 14.2 Å². The van der Waals surface area contributed by atoms with Crippen molar-refractivity contribution in [1.29, 1.82) is 0 Å². The molecular formula is C25H29N3O3S. The molecule has 168 valence electrons. The number of ether oxygens (including phenoxy) is 1. The molecule has 0 spiro atoms. The maximum Gasteiger partial charge on any atom is 0.266 e. The Labute approximate surface area is 192 Å². The topological polar surface area (TPSA) is 73.2 Å². The van der Waals surface area contributed by atoms with E-state index in [-0.39, 0.29) is 23.3 Å². The lowest BCUT2D eigenvalue weighted by Gasteiger charge is -2.34. The highest BCUT2D eigenvalue weighted by Gasteiger charge is 2.28. The van der Waals surface area contributed by atoms with Crippen molar-refractivity contribution in [3.8, 4) is 11.4 Å². The molecule has 2 aromatic carbocycles. The first-order chi connectivity index (χ1) is 15.5. The third-order valence-electron chi connectivity index (χ3n) is 6.44. The molecule has 3 aromatic rings. The molecule has 1 aliphatic carbocycles. The van der Waals surface area contributed by atoms with E-state index in [9.17, 15) is 9.59 Å². The van der Waals surface area contributed by atoms with Gasteiger partial charge in [-0.05, 0) is 42.5 Å². The molecule has 1 aromatic heterocycles. The number of aromatic nitrogens is 2. The smallest absolute Gasteiger partial charge is 0.266 e. The first kappa shape index (κ1) is 22.4. The minimum atomic E-state index is -0.165. The van der Waals surface area contributed by atoms with Gasteiger partial charge in [0, 0.05) is 12.1 Å². The summed E-state index contributed by atoms with van der Waals surface area (Å²) < 4.78 is 6.90. The van der Waals surface area contributed by atoms with Gasteiger partial charge in [-0.1, -0.05) is 56.7 Å². The Hall–Kier alpha value is -2.80. The molecule has 0 aliphatic heterocycles. The second-order valence-corrected chi connectivity index (χ2v) is 9.43. The molecule has 0 bridgehead atoms. The van der Waals surface area contributed by atoms with E-state index in [0.717, 1.165) is 12.8 Å². The third kappa shape index (κ3) is 4.67. The van der Waals surface area contributed by atoms with E-state index in [1.54, 1.807) is 23.8 Å². The lowest BCUT2D eigenvalue weighted by atomic mass is 9.78. The summed E-state index contributed by atoms with van der Waals surface area (Å²) in [7, 11) is 1.59. The summed E-state index contributed by atoms with van der Waals surface area (Å²) in [5, 5.41) is 4.23. The predicted octanol–water partition coefficient (Wildman–Crippen LogP) is 4.43. The molecule has 32 heavy (non-hydrogen) atoms. The number of nitrogens with zero attached hydrogens (tertiary/aromatic N) is 2. The minimum absolute atomic E-state index is 0.0273. The van der Waals surface area contributed by atoms with Crippen molar-refractivity contribution in [2.24, 2.45) is 11.8 Å². The highest BCUT2D eigenvalue weighted by molar-refractivity contribution is 7.99. The van der Waals surface area contributed by atoms with Gasteiger partial charge >= 0.3 is 0 Å². The summed E-state index contributed by atoms with van der Waals surface area (Å²) in [5.74, 6) is 1.90. The summed E-state index contributed by atoms with van der Waals surface area (Å²) >= 11 is 1.28. The molecule has 1 amide bonds. The highest BCUT2D eigenvalue weighted by atomic mass is 32.2. The molecule has 3 unspecified atom stereocenters. The molecule has 6 nitrogen and oxygen atoms in total. The Bertz CT molecular complexity index is 1180. The first-order valence-electron chi connectivity index (χ1n) is 11.1. The van der Waals surface area contributed by atoms with Gasteiger partial charge in [-0.2, -0.15) is 0 Å². The van der Waals surface area contributed by atoms with Crippen molar-refractivity contribution in [2.45, 2.75) is 44.3 Å². The Morgan fingerprint density at radius 1 is 1.19 bits per heavy atom. The van der Waals surface area contributed by atoms with Crippen molar-refractivity contribution in [1.82, 2.24) is 14.9 Å². The van der Waals surface area contributed by atoms with Crippen LogP contribution in [0.25, 0.3) is 16.6 Å². The van der Waals surface area contributed by atoms with Gasteiger partial charge in [0.1, 0.15) is 5.75 Å². The number of nitrogens with one attached hydrogen (secondary N) is 1. The maximum absolute atomic E-state index is 13.4. The quantitative estimate of drug-likeness (QED) is 0.443. The Balaban J connectivity index is 1.62. The standard InChI is InChI=1S/C25H29N3O3S/c1-16-8-6-13-21(17(16)2)26-23(29)15-32-25-27-22-12-5-4-11-20(22)24(30)28(25)18-9-7-10-19(14-18)31-3/h4-5,7,9-12,14,16-17,21H,6,8,13,15H2,1-3H3,(H,26,29). The number of hydrogen-bond acceptors (Lipinski definition) is 5. The Morgan fingerprint density at radius 2 is 2.00 bits per heavy atom. The number of benzene rings is 2. The second-order valence-electron chi connectivity index (χ2n) is 8.48. The zero-order valence-corrected chi connectivity index (χ0v) is 19.5. The maximum atomic E-state index is 13.4. The van der Waals surface area contributed by atoms with E-state index in [4.69, 9.17) is 9.72 Å². The van der Waals surface area contributed by atoms with Crippen molar-refractivity contribution in [3.63, 3.8) is 0 Å². The van der Waals surface area contributed by atoms with Gasteiger partial charge in [0.15, 0.2) is 5.16 Å². The summed E-state index contributed by atoms with van der Waals surface area (Å²) in [4.78, 5) is 30.8. The molecule has 3 atom stereocenters. The normalized spacial score (nSPS) is 20.8. The lowest BCUT2D eigenvalue weighted by Crippen LogP contribution is -2.44. The lowest BCUT2D eigenvalue weighted by molar-refractivity contribution is -0.120. The average Bonchev–Trinajstić information content (AvgIpc) is 2.81. The van der Waals surface area contributed by atoms with Crippen LogP contribution in [0.5, 0.6) is 5.75 Å². The largest absolute Gasteiger partial charge is 0.497 e. The minimum Gasteiger partial charge on any atom is -0.497 e. The molecule has 7 heteroatoms. The zero-order valence-electron chi connectivity index (χ0n) is 18.7. The molecule has 1 N–H and O–H groups in total. The number of amides is 1. The highest BCUT2D eigenvalue weighted by Crippen LogP contribution is 2.30. The van der Waals surface area contributed by atoms with Crippen molar-refractivity contribution in [3.05, 3.63) is 58.9 Å². The van der Waals surface area contributed by atoms with Crippen molar-refractivity contribution >= 4 is 28.6 Å². The number of thioether (sulfide) groups is 1. The van der Waals surface area contributed by atoms with Crippen LogP contribution in [0.4, 0.5) is 0 Å². The average molecular weight is 452 g/mol. The Kier molecular flexibility index (Phi) is 6.84. The molecule has 1 heterocycles. The number of para-hydroxylation sites is 1. The van der Waals surface area contributed by atoms with Gasteiger partial charge in [0.2, 0.25) is 5.91 Å². The van der Waals surface area contributed by atoms with E-state index in [0.29, 0.717) is 39.3 Å². The SMILES string of the molecule is COc1cccc(-n2c(SCC(=O)NC3CCCC(C)C3C)nc3ccccc3c2=O)c1. The van der Waals surface area contributed by atoms with Crippen LogP contribution >= 0.6 is 11.8 Å². The van der Waals surface area contributed by atoms with Gasteiger partial charge in [-0.25, -0.2) is 4.98 Å². The number of rotatable bonds is 6. The van der Waals surface area contributed by atoms with E-state index in [2.05, 4.69) is 19.2 Å². The van der Waals surface area contributed by atoms with E-state index in [1.807, 2.05) is 36.4 Å². The van der Waals surface area contributed by atoms with Gasteiger partial charge < -0.3 is 10.1 Å². The second kappa shape index (κ2) is 9.77. The first-order valence-corrected chi connectivity index (χ1v) is 12.0. The molecule has 1 fully saturated rings. The van der Waals surface area contributed by atoms with Crippen LogP contribution in [-0.4, -0.2) is 34.4 Å². The molecular weight excluding hydrogens is 422 g/mol. The summed E-state index contributed by atoms with van der Waals surface area (Å²) in [5.41, 5.74) is 1.11. The van der Waals surface area contributed by atoms with Crippen LogP contribution in [0.15, 0.2) is 58.5 Å². The van der Waals surface area contributed by atoms with Crippen molar-refractivity contribution < 1.29 is 9.53 Å². The number of methoxy groups -OCH3 is 1. The molecule has 1 saturated carbocycles. The fraction of sp³-hybridized carbons (Fsp3) is 0.400. The van der Waals surface area contributed by atoms with Crippen LogP contribution < -0.4 is 15.6 Å². The summed E-state index contributed by atoms with van der Waals surface area (Å²) in [6.45, 7) is 4.47. The van der Waals surface area contributed by atoms with Gasteiger partial charge in [0.05, 0.1) is 29.5 Å². The van der Waals surface area contributed by atoms with Gasteiger partial charge in [0.25, 0.3) is 5.56 Å². The number of hydrogen-bond donors (Lipinski definition) is 1.